The van der Waals surface area contributed by atoms with E-state index in [0.717, 1.165) is 71.1 Å². The second-order valence-electron chi connectivity index (χ2n) is 10.0. The predicted octanol–water partition coefficient (Wildman–Crippen LogP) is 5.59. The number of likely N-dealkylation sites (N-methyl/N-ethyl adjacent to an activating group) is 1. The molecule has 0 saturated carbocycles. The van der Waals surface area contributed by atoms with Gasteiger partial charge in [-0.15, -0.1) is 0 Å². The summed E-state index contributed by atoms with van der Waals surface area (Å²) in [4.78, 5) is 31.5. The van der Waals surface area contributed by atoms with Crippen LogP contribution in [0.4, 0.5) is 11.6 Å². The number of aryl methyl sites for hydroxylation is 1. The van der Waals surface area contributed by atoms with Crippen LogP contribution < -0.4 is 5.32 Å². The van der Waals surface area contributed by atoms with Gasteiger partial charge in [-0.1, -0.05) is 41.9 Å². The van der Waals surface area contributed by atoms with Gasteiger partial charge in [0.25, 0.3) is 5.91 Å². The highest BCUT2D eigenvalue weighted by atomic mass is 35.5. The number of piperazine rings is 1. The molecule has 2 aliphatic rings. The van der Waals surface area contributed by atoms with Crippen LogP contribution in [0.25, 0.3) is 11.3 Å². The van der Waals surface area contributed by atoms with Crippen LogP contribution in [0.5, 0.6) is 0 Å². The maximum atomic E-state index is 12.9. The zero-order valence-corrected chi connectivity index (χ0v) is 22.7. The van der Waals surface area contributed by atoms with Gasteiger partial charge in [-0.05, 0) is 55.9 Å². The van der Waals surface area contributed by atoms with Crippen LogP contribution >= 0.6 is 11.6 Å². The van der Waals surface area contributed by atoms with E-state index in [1.807, 2.05) is 65.7 Å². The van der Waals surface area contributed by atoms with Crippen LogP contribution in [0.2, 0.25) is 5.02 Å². The molecule has 3 heterocycles. The van der Waals surface area contributed by atoms with Crippen LogP contribution in [-0.2, 0) is 6.54 Å². The normalized spacial score (nSPS) is 15.2. The van der Waals surface area contributed by atoms with Gasteiger partial charge in [-0.2, -0.15) is 0 Å². The number of nitrogens with zero attached hydrogens (tertiary/aromatic N) is 5. The summed E-state index contributed by atoms with van der Waals surface area (Å²) < 4.78 is 0. The van der Waals surface area contributed by atoms with Gasteiger partial charge in [0.15, 0.2) is 0 Å². The molecule has 4 aromatic rings. The molecule has 1 N–H and O–H groups in total. The highest BCUT2D eigenvalue weighted by molar-refractivity contribution is 6.31. The van der Waals surface area contributed by atoms with Gasteiger partial charge in [0.1, 0.15) is 0 Å². The molecule has 7 nitrogen and oxygen atoms in total. The summed E-state index contributed by atoms with van der Waals surface area (Å²) in [5.41, 5.74) is 8.31. The molecule has 39 heavy (non-hydrogen) atoms. The Hall–Kier alpha value is -4.07. The maximum absolute atomic E-state index is 12.9. The summed E-state index contributed by atoms with van der Waals surface area (Å²) in [5.74, 6) is 0.544. The zero-order chi connectivity index (χ0) is 26.9. The van der Waals surface area contributed by atoms with Crippen LogP contribution in [0, 0.1) is 6.92 Å². The van der Waals surface area contributed by atoms with E-state index in [4.69, 9.17) is 21.6 Å². The number of halogens is 1. The highest BCUT2D eigenvalue weighted by Gasteiger charge is 2.23. The number of hydrogen-bond acceptors (Lipinski definition) is 6. The summed E-state index contributed by atoms with van der Waals surface area (Å²) in [5, 5.41) is 3.95. The topological polar surface area (TPSA) is 73.7 Å². The number of aromatic nitrogens is 2. The number of rotatable bonds is 4. The summed E-state index contributed by atoms with van der Waals surface area (Å²) in [6.07, 6.45) is 1.83. The molecule has 1 aromatic heterocycles. The lowest BCUT2D eigenvalue weighted by atomic mass is 9.93. The SMILES string of the molecule is Cc1ccccc1C1=NCc2cnc(Nc3ccc(C(=O)N4CCN(C)CC4)cc3)nc2-c2ccc(Cl)cc21. The van der Waals surface area contributed by atoms with Crippen molar-refractivity contribution in [2.24, 2.45) is 4.99 Å². The van der Waals surface area contributed by atoms with E-state index in [2.05, 4.69) is 41.3 Å². The Kier molecular flexibility index (Phi) is 6.85. The summed E-state index contributed by atoms with van der Waals surface area (Å²) in [6, 6.07) is 21.6. The predicted molar refractivity (Wildman–Crippen MR) is 156 cm³/mol. The second-order valence-corrected chi connectivity index (χ2v) is 10.5. The molecule has 0 atom stereocenters. The summed E-state index contributed by atoms with van der Waals surface area (Å²) in [6.45, 7) is 5.85. The molecule has 0 radical (unpaired) electrons. The highest BCUT2D eigenvalue weighted by Crippen LogP contribution is 2.34. The second kappa shape index (κ2) is 10.6. The number of carbonyl (C=O) groups excluding carboxylic acids is 1. The molecule has 196 valence electrons. The number of hydrogen-bond donors (Lipinski definition) is 1. The minimum Gasteiger partial charge on any atom is -0.336 e. The van der Waals surface area contributed by atoms with Crippen LogP contribution in [-0.4, -0.2) is 64.6 Å². The van der Waals surface area contributed by atoms with E-state index in [-0.39, 0.29) is 5.91 Å². The Morgan fingerprint density at radius 2 is 1.69 bits per heavy atom. The Balaban J connectivity index is 1.28. The molecular formula is C31H29ClN6O. The lowest BCUT2D eigenvalue weighted by molar-refractivity contribution is 0.0664. The third kappa shape index (κ3) is 5.15. The first kappa shape index (κ1) is 25.2. The lowest BCUT2D eigenvalue weighted by Gasteiger charge is -2.32. The fraction of sp³-hybridized carbons (Fsp3) is 0.226. The van der Waals surface area contributed by atoms with Crippen molar-refractivity contribution in [3.05, 3.63) is 106 Å². The van der Waals surface area contributed by atoms with E-state index in [1.54, 1.807) is 0 Å². The van der Waals surface area contributed by atoms with Gasteiger partial charge >= 0.3 is 0 Å². The summed E-state index contributed by atoms with van der Waals surface area (Å²) >= 11 is 6.45. The number of fused-ring (bicyclic) bond motifs is 3. The number of amides is 1. The molecule has 1 amide bonds. The third-order valence-corrected chi connectivity index (χ3v) is 7.58. The number of benzene rings is 3. The molecule has 8 heteroatoms. The third-order valence-electron chi connectivity index (χ3n) is 7.34. The van der Waals surface area contributed by atoms with Crippen LogP contribution in [0.3, 0.4) is 0 Å². The minimum atomic E-state index is 0.0654. The molecule has 0 bridgehead atoms. The van der Waals surface area contributed by atoms with Crippen molar-refractivity contribution in [1.82, 2.24) is 19.8 Å². The van der Waals surface area contributed by atoms with E-state index in [1.165, 1.54) is 0 Å². The van der Waals surface area contributed by atoms with E-state index in [9.17, 15) is 4.79 Å². The standard InChI is InChI=1S/C31H29ClN6O/c1-20-5-3-4-6-25(20)29-27-17-23(32)9-12-26(27)28-22(18-33-29)19-34-31(36-28)35-24-10-7-21(8-11-24)30(39)38-15-13-37(2)14-16-38/h3-12,17,19H,13-16,18H2,1-2H3,(H,34,35,36). The van der Waals surface area contributed by atoms with Gasteiger partial charge in [0.2, 0.25) is 5.95 Å². The van der Waals surface area contributed by atoms with E-state index in [0.29, 0.717) is 23.1 Å². The molecule has 2 aliphatic heterocycles. The first-order valence-corrected chi connectivity index (χ1v) is 13.5. The van der Waals surface area contributed by atoms with Gasteiger partial charge in [-0.3, -0.25) is 9.79 Å². The first-order chi connectivity index (χ1) is 19.0. The molecule has 3 aromatic carbocycles. The number of nitrogens with one attached hydrogen (secondary N) is 1. The van der Waals surface area contributed by atoms with Gasteiger partial charge in [0, 0.05) is 70.9 Å². The molecule has 0 aliphatic carbocycles. The Morgan fingerprint density at radius 3 is 2.46 bits per heavy atom. The van der Waals surface area contributed by atoms with E-state index < -0.39 is 0 Å². The smallest absolute Gasteiger partial charge is 0.253 e. The molecule has 1 saturated heterocycles. The fourth-order valence-electron chi connectivity index (χ4n) is 5.07. The average Bonchev–Trinajstić information content (AvgIpc) is 3.10. The van der Waals surface area contributed by atoms with E-state index >= 15 is 0 Å². The molecule has 0 spiro atoms. The van der Waals surface area contributed by atoms with Crippen molar-refractivity contribution in [1.29, 1.82) is 0 Å². The quantitative estimate of drug-likeness (QED) is 0.368. The number of aliphatic imine (C=N–C) groups is 1. The lowest BCUT2D eigenvalue weighted by Crippen LogP contribution is -2.47. The Bertz CT molecular complexity index is 1570. The molecular weight excluding hydrogens is 508 g/mol. The largest absolute Gasteiger partial charge is 0.336 e. The first-order valence-electron chi connectivity index (χ1n) is 13.1. The molecule has 6 rings (SSSR count). The van der Waals surface area contributed by atoms with Gasteiger partial charge in [-0.25, -0.2) is 9.97 Å². The van der Waals surface area contributed by atoms with Crippen molar-refractivity contribution >= 4 is 34.9 Å². The Labute approximate surface area is 233 Å². The summed E-state index contributed by atoms with van der Waals surface area (Å²) in [7, 11) is 2.08. The van der Waals surface area contributed by atoms with Crippen molar-refractivity contribution < 1.29 is 4.79 Å². The van der Waals surface area contributed by atoms with Gasteiger partial charge in [0.05, 0.1) is 18.0 Å². The maximum Gasteiger partial charge on any atom is 0.253 e. The Morgan fingerprint density at radius 1 is 0.923 bits per heavy atom. The van der Waals surface area contributed by atoms with Crippen LogP contribution in [0.15, 0.2) is 77.9 Å². The molecule has 0 unspecified atom stereocenters. The average molecular weight is 537 g/mol. The van der Waals surface area contributed by atoms with Crippen molar-refractivity contribution in [2.75, 3.05) is 38.5 Å². The minimum absolute atomic E-state index is 0.0654. The van der Waals surface area contributed by atoms with Crippen molar-refractivity contribution in [2.45, 2.75) is 13.5 Å². The molecule has 1 fully saturated rings. The van der Waals surface area contributed by atoms with Gasteiger partial charge < -0.3 is 15.1 Å². The fourth-order valence-corrected chi connectivity index (χ4v) is 5.24. The number of anilines is 2. The monoisotopic (exact) mass is 536 g/mol. The number of carbonyl (C=O) groups is 1. The van der Waals surface area contributed by atoms with Crippen molar-refractivity contribution in [3.8, 4) is 11.3 Å². The van der Waals surface area contributed by atoms with Crippen molar-refractivity contribution in [3.63, 3.8) is 0 Å². The van der Waals surface area contributed by atoms with Crippen LogP contribution in [0.1, 0.15) is 32.6 Å². The zero-order valence-electron chi connectivity index (χ0n) is 22.0.